The standard InChI is InChI=1S/C11H14N4/c12-6-8-10(4-2-1-3-5-10)11(8,7-13)9(14)15/h8H,1-5H2,(H3,14,15)/t8-,11-/m0/s1. The van der Waals surface area contributed by atoms with Gasteiger partial charge >= 0.3 is 0 Å². The summed E-state index contributed by atoms with van der Waals surface area (Å²) in [6.07, 6.45) is 5.01. The summed E-state index contributed by atoms with van der Waals surface area (Å²) >= 11 is 0. The lowest BCUT2D eigenvalue weighted by atomic mass is 9.79. The van der Waals surface area contributed by atoms with Crippen molar-refractivity contribution in [3.8, 4) is 12.1 Å². The van der Waals surface area contributed by atoms with Crippen LogP contribution < -0.4 is 5.73 Å². The number of nitriles is 2. The molecule has 0 unspecified atom stereocenters. The highest BCUT2D eigenvalue weighted by atomic mass is 14.9. The molecule has 3 N–H and O–H groups in total. The van der Waals surface area contributed by atoms with Crippen LogP contribution in [0, 0.1) is 44.8 Å². The summed E-state index contributed by atoms with van der Waals surface area (Å²) in [7, 11) is 0. The second-order valence-electron chi connectivity index (χ2n) is 4.61. The molecule has 2 rings (SSSR count). The average Bonchev–Trinajstić information content (AvgIpc) is 2.80. The maximum atomic E-state index is 9.22. The number of hydrogen-bond donors (Lipinski definition) is 2. The molecular weight excluding hydrogens is 188 g/mol. The van der Waals surface area contributed by atoms with Gasteiger partial charge in [-0.25, -0.2) is 0 Å². The topological polar surface area (TPSA) is 97.5 Å². The normalized spacial score (nSPS) is 36.5. The Kier molecular flexibility index (Phi) is 1.98. The Morgan fingerprint density at radius 1 is 1.27 bits per heavy atom. The fraction of sp³-hybridized carbons (Fsp3) is 0.727. The van der Waals surface area contributed by atoms with Gasteiger partial charge in [0.1, 0.15) is 11.3 Å². The van der Waals surface area contributed by atoms with Gasteiger partial charge in [0, 0.05) is 5.41 Å². The van der Waals surface area contributed by atoms with Crippen molar-refractivity contribution in [1.82, 2.24) is 0 Å². The predicted octanol–water partition coefficient (Wildman–Crippen LogP) is 1.54. The van der Waals surface area contributed by atoms with Crippen molar-refractivity contribution in [2.75, 3.05) is 0 Å². The van der Waals surface area contributed by atoms with Gasteiger partial charge in [0.15, 0.2) is 0 Å². The average molecular weight is 202 g/mol. The van der Waals surface area contributed by atoms with Crippen LogP contribution in [-0.2, 0) is 0 Å². The van der Waals surface area contributed by atoms with E-state index < -0.39 is 5.41 Å². The van der Waals surface area contributed by atoms with E-state index in [0.29, 0.717) is 0 Å². The third-order valence-corrected chi connectivity index (χ3v) is 4.16. The summed E-state index contributed by atoms with van der Waals surface area (Å²) in [6.45, 7) is 0. The highest BCUT2D eigenvalue weighted by molar-refractivity contribution is 5.92. The van der Waals surface area contributed by atoms with Crippen LogP contribution in [0.2, 0.25) is 0 Å². The summed E-state index contributed by atoms with van der Waals surface area (Å²) < 4.78 is 0. The monoisotopic (exact) mass is 202 g/mol. The molecule has 0 bridgehead atoms. The van der Waals surface area contributed by atoms with E-state index in [9.17, 15) is 5.26 Å². The van der Waals surface area contributed by atoms with Gasteiger partial charge in [-0.05, 0) is 12.8 Å². The van der Waals surface area contributed by atoms with Crippen LogP contribution in [0.1, 0.15) is 32.1 Å². The van der Waals surface area contributed by atoms with Crippen LogP contribution in [0.15, 0.2) is 0 Å². The first-order valence-electron chi connectivity index (χ1n) is 5.31. The summed E-state index contributed by atoms with van der Waals surface area (Å²) in [4.78, 5) is 0. The molecule has 0 aromatic carbocycles. The lowest BCUT2D eigenvalue weighted by molar-refractivity contribution is 0.298. The molecule has 1 spiro atoms. The van der Waals surface area contributed by atoms with Gasteiger partial charge in [-0.15, -0.1) is 0 Å². The molecule has 2 aliphatic carbocycles. The molecule has 2 aliphatic rings. The first kappa shape index (κ1) is 9.98. The third-order valence-electron chi connectivity index (χ3n) is 4.16. The smallest absolute Gasteiger partial charge is 0.137 e. The SMILES string of the molecule is N#C[C@H]1C2(CCCCC2)[C@]1(C#N)C(=N)N. The number of hydrogen-bond acceptors (Lipinski definition) is 3. The van der Waals surface area contributed by atoms with Crippen molar-refractivity contribution < 1.29 is 0 Å². The van der Waals surface area contributed by atoms with Crippen molar-refractivity contribution in [1.29, 1.82) is 15.9 Å². The largest absolute Gasteiger partial charge is 0.386 e. The first-order valence-corrected chi connectivity index (χ1v) is 5.31. The molecule has 2 atom stereocenters. The van der Waals surface area contributed by atoms with Gasteiger partial charge in [0.25, 0.3) is 0 Å². The number of nitrogens with zero attached hydrogens (tertiary/aromatic N) is 2. The Labute approximate surface area is 89.2 Å². The Morgan fingerprint density at radius 3 is 2.20 bits per heavy atom. The molecule has 0 saturated heterocycles. The van der Waals surface area contributed by atoms with E-state index >= 15 is 0 Å². The van der Waals surface area contributed by atoms with Gasteiger partial charge in [-0.2, -0.15) is 10.5 Å². The molecule has 0 aromatic heterocycles. The van der Waals surface area contributed by atoms with Crippen molar-refractivity contribution in [3.63, 3.8) is 0 Å². The molecule has 2 fully saturated rings. The zero-order valence-electron chi connectivity index (χ0n) is 8.58. The second-order valence-corrected chi connectivity index (χ2v) is 4.61. The molecule has 0 amide bonds. The molecule has 4 nitrogen and oxygen atoms in total. The number of amidine groups is 1. The number of nitrogens with two attached hydrogens (primary N) is 1. The van der Waals surface area contributed by atoms with E-state index in [1.54, 1.807) is 0 Å². The summed E-state index contributed by atoms with van der Waals surface area (Å²) in [5.41, 5.74) is 4.26. The lowest BCUT2D eigenvalue weighted by Crippen LogP contribution is -2.30. The van der Waals surface area contributed by atoms with Gasteiger partial charge in [0.2, 0.25) is 0 Å². The predicted molar refractivity (Wildman–Crippen MR) is 54.6 cm³/mol. The van der Waals surface area contributed by atoms with Gasteiger partial charge in [-0.3, -0.25) is 5.41 Å². The molecule has 15 heavy (non-hydrogen) atoms. The molecule has 78 valence electrons. The Morgan fingerprint density at radius 2 is 1.87 bits per heavy atom. The fourth-order valence-corrected chi connectivity index (χ4v) is 3.34. The minimum atomic E-state index is -0.970. The van der Waals surface area contributed by atoms with E-state index in [4.69, 9.17) is 16.4 Å². The quantitative estimate of drug-likeness (QED) is 0.498. The number of rotatable bonds is 1. The molecular formula is C11H14N4. The van der Waals surface area contributed by atoms with E-state index in [-0.39, 0.29) is 17.2 Å². The maximum Gasteiger partial charge on any atom is 0.137 e. The third kappa shape index (κ3) is 0.920. The fourth-order valence-electron chi connectivity index (χ4n) is 3.34. The molecule has 0 radical (unpaired) electrons. The summed E-state index contributed by atoms with van der Waals surface area (Å²) in [5, 5.41) is 25.9. The highest BCUT2D eigenvalue weighted by Crippen LogP contribution is 2.74. The Hall–Kier alpha value is -1.55. The van der Waals surface area contributed by atoms with Crippen molar-refractivity contribution >= 4 is 5.84 Å². The second kappa shape index (κ2) is 2.97. The highest BCUT2D eigenvalue weighted by Gasteiger charge is 2.79. The van der Waals surface area contributed by atoms with Gasteiger partial charge < -0.3 is 5.73 Å². The van der Waals surface area contributed by atoms with Crippen LogP contribution in [0.4, 0.5) is 0 Å². The van der Waals surface area contributed by atoms with E-state index in [1.807, 2.05) is 0 Å². The summed E-state index contributed by atoms with van der Waals surface area (Å²) in [5.74, 6) is -0.466. The maximum absolute atomic E-state index is 9.22. The minimum Gasteiger partial charge on any atom is -0.386 e. The number of nitrogens with one attached hydrogen (secondary N) is 1. The van der Waals surface area contributed by atoms with E-state index in [0.717, 1.165) is 25.7 Å². The van der Waals surface area contributed by atoms with Crippen LogP contribution in [-0.4, -0.2) is 5.84 Å². The van der Waals surface area contributed by atoms with Crippen molar-refractivity contribution in [2.45, 2.75) is 32.1 Å². The first-order chi connectivity index (χ1) is 7.15. The molecule has 4 heteroatoms. The van der Waals surface area contributed by atoms with Crippen LogP contribution in [0.3, 0.4) is 0 Å². The Bertz CT molecular complexity index is 380. The lowest BCUT2D eigenvalue weighted by Gasteiger charge is -2.24. The van der Waals surface area contributed by atoms with Gasteiger partial charge in [0.05, 0.1) is 18.1 Å². The molecule has 2 saturated carbocycles. The van der Waals surface area contributed by atoms with E-state index in [1.165, 1.54) is 6.42 Å². The summed E-state index contributed by atoms with van der Waals surface area (Å²) in [6, 6.07) is 4.32. The Balaban J connectivity index is 2.39. The zero-order chi connectivity index (χ0) is 11.1. The van der Waals surface area contributed by atoms with Gasteiger partial charge in [-0.1, -0.05) is 19.3 Å². The molecule has 0 aliphatic heterocycles. The van der Waals surface area contributed by atoms with Crippen LogP contribution >= 0.6 is 0 Å². The van der Waals surface area contributed by atoms with Crippen molar-refractivity contribution in [3.05, 3.63) is 0 Å². The van der Waals surface area contributed by atoms with Crippen LogP contribution in [0.25, 0.3) is 0 Å². The van der Waals surface area contributed by atoms with E-state index in [2.05, 4.69) is 12.1 Å². The van der Waals surface area contributed by atoms with Crippen LogP contribution in [0.5, 0.6) is 0 Å². The molecule has 0 aromatic rings. The minimum absolute atomic E-state index is 0.113. The zero-order valence-corrected chi connectivity index (χ0v) is 8.58. The van der Waals surface area contributed by atoms with Crippen molar-refractivity contribution in [2.24, 2.45) is 22.5 Å². The molecule has 0 heterocycles.